The highest BCUT2D eigenvalue weighted by molar-refractivity contribution is 7.14. The van der Waals surface area contributed by atoms with Crippen molar-refractivity contribution in [2.75, 3.05) is 23.4 Å². The molecule has 1 aromatic heterocycles. The molecule has 5 rings (SSSR count). The zero-order valence-electron chi connectivity index (χ0n) is 23.5. The number of halogens is 3. The summed E-state index contributed by atoms with van der Waals surface area (Å²) in [4.78, 5) is 20.3. The fourth-order valence-corrected chi connectivity index (χ4v) is 6.27. The lowest BCUT2D eigenvalue weighted by Gasteiger charge is -2.31. The number of aromatic carboxylic acids is 1. The number of anilines is 2. The van der Waals surface area contributed by atoms with Gasteiger partial charge < -0.3 is 14.9 Å². The summed E-state index contributed by atoms with van der Waals surface area (Å²) in [7, 11) is 1.96. The van der Waals surface area contributed by atoms with Gasteiger partial charge in [0, 0.05) is 43.3 Å². The summed E-state index contributed by atoms with van der Waals surface area (Å²) < 4.78 is 39.2. The highest BCUT2D eigenvalue weighted by Crippen LogP contribution is 2.33. The molecule has 42 heavy (non-hydrogen) atoms. The Kier molecular flexibility index (Phi) is 9.16. The standard InChI is InChI=1S/C33H34F3N3O2S/c1-38(19-24-7-11-27(12-8-24)31(40)41)32-37-30(22-42-32)26-13-17-29(18-14-26)39(20-23-5-3-2-4-6-23)21-25-9-15-28(16-10-25)33(34,35)36/h7-18,22-23H,2-6,19-21H2,1H3,(H,40,41). The van der Waals surface area contributed by atoms with E-state index in [1.165, 1.54) is 44.2 Å². The van der Waals surface area contributed by atoms with E-state index in [-0.39, 0.29) is 5.56 Å². The Morgan fingerprint density at radius 3 is 2.14 bits per heavy atom. The molecule has 0 radical (unpaired) electrons. The zero-order chi connectivity index (χ0) is 29.7. The fraction of sp³-hybridized carbons (Fsp3) is 0.333. The Hall–Kier alpha value is -3.85. The minimum atomic E-state index is -4.34. The van der Waals surface area contributed by atoms with Gasteiger partial charge in [-0.1, -0.05) is 55.7 Å². The molecule has 0 unspecified atom stereocenters. The van der Waals surface area contributed by atoms with Gasteiger partial charge in [-0.05, 0) is 66.3 Å². The fourth-order valence-electron chi connectivity index (χ4n) is 5.47. The number of nitrogens with zero attached hydrogens (tertiary/aromatic N) is 3. The first-order valence-corrected chi connectivity index (χ1v) is 15.0. The third-order valence-electron chi connectivity index (χ3n) is 7.83. The van der Waals surface area contributed by atoms with Gasteiger partial charge in [-0.25, -0.2) is 9.78 Å². The number of carboxylic acid groups (broad SMARTS) is 1. The monoisotopic (exact) mass is 593 g/mol. The van der Waals surface area contributed by atoms with Gasteiger partial charge in [0.25, 0.3) is 0 Å². The van der Waals surface area contributed by atoms with E-state index in [1.807, 2.05) is 29.5 Å². The van der Waals surface area contributed by atoms with E-state index in [1.54, 1.807) is 35.6 Å². The molecule has 0 saturated heterocycles. The van der Waals surface area contributed by atoms with Crippen LogP contribution < -0.4 is 9.80 Å². The minimum absolute atomic E-state index is 0.262. The van der Waals surface area contributed by atoms with Gasteiger partial charge in [0.15, 0.2) is 5.13 Å². The van der Waals surface area contributed by atoms with Gasteiger partial charge in [-0.3, -0.25) is 0 Å². The SMILES string of the molecule is CN(Cc1ccc(C(=O)O)cc1)c1nc(-c2ccc(N(Cc3ccc(C(F)(F)F)cc3)CC3CCCCC3)cc2)cs1. The van der Waals surface area contributed by atoms with Crippen molar-refractivity contribution in [2.45, 2.75) is 51.4 Å². The van der Waals surface area contributed by atoms with E-state index in [0.717, 1.165) is 39.7 Å². The molecule has 0 bridgehead atoms. The van der Waals surface area contributed by atoms with Crippen LogP contribution in [0.2, 0.25) is 0 Å². The molecule has 9 heteroatoms. The molecule has 0 spiro atoms. The second-order valence-electron chi connectivity index (χ2n) is 11.0. The maximum absolute atomic E-state index is 13.1. The molecule has 5 nitrogen and oxygen atoms in total. The number of hydrogen-bond donors (Lipinski definition) is 1. The average Bonchev–Trinajstić information content (AvgIpc) is 3.48. The Balaban J connectivity index is 1.29. The molecule has 3 aromatic carbocycles. The van der Waals surface area contributed by atoms with Crippen LogP contribution in [0.25, 0.3) is 11.3 Å². The molecule has 4 aromatic rings. The lowest BCUT2D eigenvalue weighted by Crippen LogP contribution is -2.30. The van der Waals surface area contributed by atoms with Crippen molar-refractivity contribution < 1.29 is 23.1 Å². The summed E-state index contributed by atoms with van der Waals surface area (Å²) in [6.07, 6.45) is 1.75. The second kappa shape index (κ2) is 13.0. The number of hydrogen-bond acceptors (Lipinski definition) is 5. The molecular weight excluding hydrogens is 559 g/mol. The molecule has 1 aliphatic rings. The number of rotatable bonds is 10. The highest BCUT2D eigenvalue weighted by atomic mass is 32.1. The molecule has 1 heterocycles. The first-order chi connectivity index (χ1) is 20.2. The Morgan fingerprint density at radius 1 is 0.905 bits per heavy atom. The van der Waals surface area contributed by atoms with E-state index in [0.29, 0.717) is 19.0 Å². The smallest absolute Gasteiger partial charge is 0.416 e. The van der Waals surface area contributed by atoms with Gasteiger partial charge >= 0.3 is 12.1 Å². The van der Waals surface area contributed by atoms with Crippen LogP contribution in [0.5, 0.6) is 0 Å². The topological polar surface area (TPSA) is 56.7 Å². The molecule has 1 fully saturated rings. The number of benzene rings is 3. The molecular formula is C33H34F3N3O2S. The molecule has 1 N–H and O–H groups in total. The molecule has 0 amide bonds. The van der Waals surface area contributed by atoms with Crippen molar-refractivity contribution in [3.8, 4) is 11.3 Å². The minimum Gasteiger partial charge on any atom is -0.478 e. The Bertz CT molecular complexity index is 1460. The summed E-state index contributed by atoms with van der Waals surface area (Å²) in [5.74, 6) is -0.368. The summed E-state index contributed by atoms with van der Waals surface area (Å²) >= 11 is 1.55. The van der Waals surface area contributed by atoms with Gasteiger partial charge in [0.05, 0.1) is 16.8 Å². The van der Waals surface area contributed by atoms with Crippen LogP contribution in [-0.4, -0.2) is 29.7 Å². The van der Waals surface area contributed by atoms with Gasteiger partial charge in [0.1, 0.15) is 0 Å². The van der Waals surface area contributed by atoms with Crippen LogP contribution in [0.15, 0.2) is 78.2 Å². The molecule has 0 aliphatic heterocycles. The van der Waals surface area contributed by atoms with Crippen LogP contribution in [0, 0.1) is 5.92 Å². The maximum Gasteiger partial charge on any atom is 0.416 e. The lowest BCUT2D eigenvalue weighted by molar-refractivity contribution is -0.137. The van der Waals surface area contributed by atoms with E-state index in [2.05, 4.69) is 29.2 Å². The summed E-state index contributed by atoms with van der Waals surface area (Å²) in [5.41, 5.74) is 4.39. The third kappa shape index (κ3) is 7.50. The predicted molar refractivity (Wildman–Crippen MR) is 162 cm³/mol. The Morgan fingerprint density at radius 2 is 1.52 bits per heavy atom. The predicted octanol–water partition coefficient (Wildman–Crippen LogP) is 8.75. The van der Waals surface area contributed by atoms with Crippen molar-refractivity contribution >= 4 is 28.1 Å². The van der Waals surface area contributed by atoms with Crippen LogP contribution in [0.1, 0.15) is 59.2 Å². The summed E-state index contributed by atoms with van der Waals surface area (Å²) in [5, 5.41) is 12.0. The van der Waals surface area contributed by atoms with Gasteiger partial charge in [0.2, 0.25) is 0 Å². The van der Waals surface area contributed by atoms with E-state index in [9.17, 15) is 18.0 Å². The van der Waals surface area contributed by atoms with Crippen LogP contribution in [-0.2, 0) is 19.3 Å². The number of carboxylic acids is 1. The summed E-state index contributed by atoms with van der Waals surface area (Å²) in [6, 6.07) is 20.6. The van der Waals surface area contributed by atoms with Crippen LogP contribution in [0.4, 0.5) is 24.0 Å². The van der Waals surface area contributed by atoms with E-state index >= 15 is 0 Å². The van der Waals surface area contributed by atoms with Crippen LogP contribution in [0.3, 0.4) is 0 Å². The molecule has 1 aliphatic carbocycles. The van der Waals surface area contributed by atoms with E-state index in [4.69, 9.17) is 10.1 Å². The average molecular weight is 594 g/mol. The quantitative estimate of drug-likeness (QED) is 0.199. The van der Waals surface area contributed by atoms with E-state index < -0.39 is 17.7 Å². The normalized spacial score (nSPS) is 14.1. The number of aromatic nitrogens is 1. The third-order valence-corrected chi connectivity index (χ3v) is 8.78. The Labute approximate surface area is 248 Å². The van der Waals surface area contributed by atoms with Gasteiger partial charge in [-0.2, -0.15) is 13.2 Å². The van der Waals surface area contributed by atoms with Crippen molar-refractivity contribution in [3.05, 3.63) is 100 Å². The summed E-state index contributed by atoms with van der Waals surface area (Å²) in [6.45, 7) is 2.03. The van der Waals surface area contributed by atoms with Crippen molar-refractivity contribution in [2.24, 2.45) is 5.92 Å². The van der Waals surface area contributed by atoms with Gasteiger partial charge in [-0.15, -0.1) is 11.3 Å². The highest BCUT2D eigenvalue weighted by Gasteiger charge is 2.30. The molecule has 1 saturated carbocycles. The van der Waals surface area contributed by atoms with Crippen molar-refractivity contribution in [1.29, 1.82) is 0 Å². The molecule has 0 atom stereocenters. The lowest BCUT2D eigenvalue weighted by atomic mass is 9.88. The second-order valence-corrected chi connectivity index (χ2v) is 11.8. The number of alkyl halides is 3. The van der Waals surface area contributed by atoms with Crippen molar-refractivity contribution in [3.63, 3.8) is 0 Å². The number of thiazole rings is 1. The largest absolute Gasteiger partial charge is 0.478 e. The van der Waals surface area contributed by atoms with Crippen LogP contribution >= 0.6 is 11.3 Å². The number of carbonyl (C=O) groups is 1. The van der Waals surface area contributed by atoms with Crippen molar-refractivity contribution in [1.82, 2.24) is 4.98 Å². The molecule has 220 valence electrons. The first-order valence-electron chi connectivity index (χ1n) is 14.2. The maximum atomic E-state index is 13.1. The zero-order valence-corrected chi connectivity index (χ0v) is 24.3. The first kappa shape index (κ1) is 29.6.